The van der Waals surface area contributed by atoms with E-state index in [0.29, 0.717) is 5.75 Å². The van der Waals surface area contributed by atoms with Gasteiger partial charge in [-0.2, -0.15) is 0 Å². The molecule has 3 nitrogen and oxygen atoms in total. The predicted octanol–water partition coefficient (Wildman–Crippen LogP) is 6.18. The average Bonchev–Trinajstić information content (AvgIpc) is 3.04. The van der Waals surface area contributed by atoms with E-state index in [1.165, 1.54) is 0 Å². The van der Waals surface area contributed by atoms with Gasteiger partial charge in [0.25, 0.3) is 5.91 Å². The number of hydrogen-bond donors (Lipinski definition) is 0. The minimum Gasteiger partial charge on any atom is -0.484 e. The molecule has 0 unspecified atom stereocenters. The van der Waals surface area contributed by atoms with Crippen LogP contribution in [0.25, 0.3) is 11.1 Å². The first-order chi connectivity index (χ1) is 12.9. The summed E-state index contributed by atoms with van der Waals surface area (Å²) in [6.45, 7) is 6.20. The highest BCUT2D eigenvalue weighted by Crippen LogP contribution is 2.52. The number of rotatable bonds is 3. The lowest BCUT2D eigenvalue weighted by Gasteiger charge is -2.43. The van der Waals surface area contributed by atoms with Crippen molar-refractivity contribution in [3.05, 3.63) is 62.8 Å². The average molecular weight is 414 g/mol. The molecular formula is C21H19NO2S3. The van der Waals surface area contributed by atoms with Crippen molar-refractivity contribution >= 4 is 44.5 Å². The summed E-state index contributed by atoms with van der Waals surface area (Å²) >= 11 is 5.61. The highest BCUT2D eigenvalue weighted by Gasteiger charge is 2.43. The Bertz CT molecular complexity index is 1070. The van der Waals surface area contributed by atoms with Gasteiger partial charge in [-0.3, -0.25) is 9.69 Å². The molecule has 0 bridgehead atoms. The Morgan fingerprint density at radius 1 is 1.11 bits per heavy atom. The third-order valence-electron chi connectivity index (χ3n) is 4.83. The zero-order valence-electron chi connectivity index (χ0n) is 15.3. The van der Waals surface area contributed by atoms with E-state index in [1.54, 1.807) is 20.7 Å². The molecule has 0 aliphatic carbocycles. The van der Waals surface area contributed by atoms with Crippen LogP contribution in [-0.2, 0) is 10.3 Å². The Kier molecular flexibility index (Phi) is 4.66. The predicted molar refractivity (Wildman–Crippen MR) is 116 cm³/mol. The summed E-state index contributed by atoms with van der Waals surface area (Å²) in [7, 11) is 3.27. The molecule has 0 fully saturated rings. The molecule has 1 aliphatic heterocycles. The van der Waals surface area contributed by atoms with E-state index in [-0.39, 0.29) is 12.5 Å². The van der Waals surface area contributed by atoms with E-state index in [9.17, 15) is 4.79 Å². The maximum atomic E-state index is 13.3. The molecule has 0 spiro atoms. The van der Waals surface area contributed by atoms with Gasteiger partial charge in [-0.15, -0.1) is 0 Å². The van der Waals surface area contributed by atoms with Gasteiger partial charge in [-0.25, -0.2) is 0 Å². The molecule has 4 rings (SSSR count). The smallest absolute Gasteiger partial charge is 0.265 e. The lowest BCUT2D eigenvalue weighted by Crippen LogP contribution is -2.50. The third-order valence-corrected chi connectivity index (χ3v) is 8.16. The summed E-state index contributed by atoms with van der Waals surface area (Å²) in [5.41, 5.74) is 3.67. The number of carbonyl (C=O) groups is 1. The van der Waals surface area contributed by atoms with Gasteiger partial charge in [0.15, 0.2) is 6.61 Å². The molecule has 0 radical (unpaired) electrons. The molecule has 1 aliphatic rings. The maximum absolute atomic E-state index is 13.3. The normalized spacial score (nSPS) is 14.4. The van der Waals surface area contributed by atoms with Crippen LogP contribution in [0.15, 0.2) is 48.5 Å². The largest absolute Gasteiger partial charge is 0.484 e. The Balaban J connectivity index is 1.78. The van der Waals surface area contributed by atoms with Gasteiger partial charge in [-0.05, 0) is 38.5 Å². The van der Waals surface area contributed by atoms with Crippen LogP contribution in [-0.4, -0.2) is 12.5 Å². The fourth-order valence-corrected chi connectivity index (χ4v) is 6.88. The summed E-state index contributed by atoms with van der Waals surface area (Å²) in [6.07, 6.45) is 0. The van der Waals surface area contributed by atoms with Gasteiger partial charge < -0.3 is 4.74 Å². The minimum atomic E-state index is -0.482. The molecular weight excluding hydrogens is 394 g/mol. The molecule has 3 aromatic rings. The molecule has 0 atom stereocenters. The molecule has 0 saturated heterocycles. The summed E-state index contributed by atoms with van der Waals surface area (Å²) in [6, 6.07) is 15.6. The summed E-state index contributed by atoms with van der Waals surface area (Å²) in [5, 5.41) is 0. The van der Waals surface area contributed by atoms with Gasteiger partial charge in [-0.1, -0.05) is 69.3 Å². The number of amides is 1. The zero-order chi connectivity index (χ0) is 19.2. The quantitative estimate of drug-likeness (QED) is 0.379. The topological polar surface area (TPSA) is 29.5 Å². The second kappa shape index (κ2) is 6.86. The van der Waals surface area contributed by atoms with E-state index in [4.69, 9.17) is 17.0 Å². The molecule has 2 aromatic carbocycles. The van der Waals surface area contributed by atoms with Gasteiger partial charge >= 0.3 is 0 Å². The van der Waals surface area contributed by atoms with E-state index in [2.05, 4.69) is 19.9 Å². The Morgan fingerprint density at radius 2 is 1.85 bits per heavy atom. The fourth-order valence-electron chi connectivity index (χ4n) is 3.60. The number of anilines is 1. The van der Waals surface area contributed by atoms with Crippen molar-refractivity contribution in [2.24, 2.45) is 0 Å². The van der Waals surface area contributed by atoms with Crippen LogP contribution in [0.2, 0.25) is 0 Å². The first kappa shape index (κ1) is 18.3. The number of nitrogens with zero attached hydrogens (tertiary/aromatic N) is 1. The van der Waals surface area contributed by atoms with E-state index in [1.807, 2.05) is 54.3 Å². The maximum Gasteiger partial charge on any atom is 0.265 e. The molecule has 138 valence electrons. The standard InChI is InChI=1S/C21H19NO2S3/c1-13-8-7-11-15-17-19(26-27-20(17)25)21(2,3)22(18(13)15)16(23)12-24-14-9-5-4-6-10-14/h4-11H,12H2,1-3H3. The van der Waals surface area contributed by atoms with E-state index >= 15 is 0 Å². The number of carbonyl (C=O) groups excluding carboxylic acids is 1. The highest BCUT2D eigenvalue weighted by atomic mass is 32.9. The number of hydrogen-bond acceptors (Lipinski definition) is 5. The lowest BCUT2D eigenvalue weighted by molar-refractivity contribution is -0.121. The van der Waals surface area contributed by atoms with Gasteiger partial charge in [0.2, 0.25) is 0 Å². The van der Waals surface area contributed by atoms with Crippen LogP contribution >= 0.6 is 32.9 Å². The molecule has 6 heteroatoms. The number of para-hydroxylation sites is 2. The summed E-state index contributed by atoms with van der Waals surface area (Å²) < 4.78 is 6.65. The van der Waals surface area contributed by atoms with Crippen molar-refractivity contribution < 1.29 is 9.53 Å². The molecule has 2 heterocycles. The summed E-state index contributed by atoms with van der Waals surface area (Å²) in [5.74, 6) is 0.631. The second-order valence-electron chi connectivity index (χ2n) is 7.02. The van der Waals surface area contributed by atoms with Gasteiger partial charge in [0.05, 0.1) is 16.1 Å². The number of benzene rings is 2. The Labute approximate surface area is 171 Å². The van der Waals surface area contributed by atoms with E-state index < -0.39 is 5.54 Å². The van der Waals surface area contributed by atoms with Crippen molar-refractivity contribution in [2.45, 2.75) is 26.3 Å². The van der Waals surface area contributed by atoms with Crippen LogP contribution in [0.1, 0.15) is 24.3 Å². The molecule has 1 aromatic heterocycles. The van der Waals surface area contributed by atoms with Crippen LogP contribution < -0.4 is 9.64 Å². The molecule has 27 heavy (non-hydrogen) atoms. The summed E-state index contributed by atoms with van der Waals surface area (Å²) in [4.78, 5) is 16.3. The molecule has 1 amide bonds. The van der Waals surface area contributed by atoms with Crippen LogP contribution in [0.4, 0.5) is 5.69 Å². The van der Waals surface area contributed by atoms with Crippen LogP contribution in [0.5, 0.6) is 5.75 Å². The molecule has 0 N–H and O–H groups in total. The zero-order valence-corrected chi connectivity index (χ0v) is 17.8. The van der Waals surface area contributed by atoms with E-state index in [0.717, 1.165) is 31.1 Å². The first-order valence-corrected chi connectivity index (χ1v) is 11.2. The first-order valence-electron chi connectivity index (χ1n) is 8.66. The van der Waals surface area contributed by atoms with Crippen molar-refractivity contribution in [3.8, 4) is 16.9 Å². The third kappa shape index (κ3) is 3.02. The Morgan fingerprint density at radius 3 is 2.59 bits per heavy atom. The van der Waals surface area contributed by atoms with Crippen molar-refractivity contribution in [1.29, 1.82) is 0 Å². The van der Waals surface area contributed by atoms with Crippen LogP contribution in [0, 0.1) is 10.7 Å². The minimum absolute atomic E-state index is 0.00785. The lowest BCUT2D eigenvalue weighted by atomic mass is 9.86. The number of aryl methyl sites for hydroxylation is 1. The fraction of sp³-hybridized carbons (Fsp3) is 0.238. The molecule has 0 saturated carbocycles. The number of fused-ring (bicyclic) bond motifs is 3. The van der Waals surface area contributed by atoms with Crippen LogP contribution in [0.3, 0.4) is 0 Å². The highest BCUT2D eigenvalue weighted by molar-refractivity contribution is 7.80. The Hall–Kier alpha value is -2.02. The number of ether oxygens (including phenoxy) is 1. The van der Waals surface area contributed by atoms with Crippen molar-refractivity contribution in [2.75, 3.05) is 11.5 Å². The van der Waals surface area contributed by atoms with Crippen molar-refractivity contribution in [1.82, 2.24) is 0 Å². The monoisotopic (exact) mass is 413 g/mol. The second-order valence-corrected chi connectivity index (χ2v) is 9.84. The van der Waals surface area contributed by atoms with Gasteiger partial charge in [0.1, 0.15) is 9.57 Å². The SMILES string of the molecule is Cc1cccc2c1N(C(=O)COc1ccccc1)C(C)(C)c1ssc(=S)c1-2. The van der Waals surface area contributed by atoms with Crippen molar-refractivity contribution in [3.63, 3.8) is 0 Å². The van der Waals surface area contributed by atoms with Gasteiger partial charge in [0, 0.05) is 11.1 Å².